The SMILES string of the molecule is Cc1ccccc1NC(=[N+]=C1NCCS1)N1CCC(C)C1. The Bertz CT molecular complexity index is 569. The molecule has 1 unspecified atom stereocenters. The summed E-state index contributed by atoms with van der Waals surface area (Å²) in [5.41, 5.74) is 2.38. The molecule has 1 aromatic carbocycles. The van der Waals surface area contributed by atoms with Gasteiger partial charge < -0.3 is 5.32 Å². The number of nitrogens with zero attached hydrogens (tertiary/aromatic N) is 2. The van der Waals surface area contributed by atoms with E-state index in [2.05, 4.69) is 53.6 Å². The molecule has 0 saturated carbocycles. The average molecular weight is 303 g/mol. The van der Waals surface area contributed by atoms with Crippen LogP contribution in [0, 0.1) is 12.8 Å². The fourth-order valence-electron chi connectivity index (χ4n) is 2.66. The van der Waals surface area contributed by atoms with Crippen molar-refractivity contribution in [3.8, 4) is 0 Å². The Morgan fingerprint density at radius 2 is 2.29 bits per heavy atom. The highest BCUT2D eigenvalue weighted by Gasteiger charge is 2.28. The van der Waals surface area contributed by atoms with Gasteiger partial charge in [-0.15, -0.1) is 0 Å². The van der Waals surface area contributed by atoms with Crippen LogP contribution in [0.4, 0.5) is 5.69 Å². The fourth-order valence-corrected chi connectivity index (χ4v) is 3.42. The Kier molecular flexibility index (Phi) is 4.42. The molecule has 1 aromatic rings. The average Bonchev–Trinajstić information content (AvgIpc) is 3.12. The minimum absolute atomic E-state index is 0.739. The number of benzene rings is 1. The first-order valence-corrected chi connectivity index (χ1v) is 8.61. The van der Waals surface area contributed by atoms with Gasteiger partial charge in [0, 0.05) is 5.75 Å². The van der Waals surface area contributed by atoms with Crippen molar-refractivity contribution in [2.45, 2.75) is 20.3 Å². The Morgan fingerprint density at radius 1 is 1.43 bits per heavy atom. The molecule has 0 amide bonds. The highest BCUT2D eigenvalue weighted by molar-refractivity contribution is 8.14. The number of nitrogens with one attached hydrogen (secondary N) is 2. The number of hydrogen-bond acceptors (Lipinski definition) is 1. The summed E-state index contributed by atoms with van der Waals surface area (Å²) in [6.07, 6.45) is 1.24. The molecule has 2 N–H and O–H groups in total. The summed E-state index contributed by atoms with van der Waals surface area (Å²) < 4.78 is 4.83. The summed E-state index contributed by atoms with van der Waals surface area (Å²) in [5.74, 6) is 2.82. The van der Waals surface area contributed by atoms with Crippen LogP contribution in [0.25, 0.3) is 0 Å². The van der Waals surface area contributed by atoms with Gasteiger partial charge in [0.1, 0.15) is 0 Å². The summed E-state index contributed by atoms with van der Waals surface area (Å²) in [6.45, 7) is 7.60. The second-order valence-electron chi connectivity index (χ2n) is 5.80. The molecule has 2 heterocycles. The van der Waals surface area contributed by atoms with Gasteiger partial charge in [-0.3, -0.25) is 10.2 Å². The van der Waals surface area contributed by atoms with Crippen LogP contribution in [0.5, 0.6) is 0 Å². The van der Waals surface area contributed by atoms with E-state index in [0.29, 0.717) is 0 Å². The number of likely N-dealkylation sites (tertiary alicyclic amines) is 1. The van der Waals surface area contributed by atoms with Gasteiger partial charge in [-0.2, -0.15) is 0 Å². The molecule has 0 radical (unpaired) electrons. The van der Waals surface area contributed by atoms with Gasteiger partial charge in [-0.1, -0.05) is 25.1 Å². The summed E-state index contributed by atoms with van der Waals surface area (Å²) in [5, 5.41) is 7.92. The highest BCUT2D eigenvalue weighted by atomic mass is 32.2. The molecular formula is C16H23N4S+. The summed E-state index contributed by atoms with van der Waals surface area (Å²) >= 11 is 1.80. The maximum absolute atomic E-state index is 4.83. The number of thioether (sulfide) groups is 1. The predicted molar refractivity (Wildman–Crippen MR) is 92.8 cm³/mol. The van der Waals surface area contributed by atoms with Crippen LogP contribution in [0.1, 0.15) is 18.9 Å². The number of rotatable bonds is 1. The van der Waals surface area contributed by atoms with Crippen LogP contribution in [0.15, 0.2) is 24.3 Å². The van der Waals surface area contributed by atoms with Gasteiger partial charge in [0.15, 0.2) is 0 Å². The molecule has 2 fully saturated rings. The third-order valence-electron chi connectivity index (χ3n) is 3.94. The number of guanidine groups is 1. The third-order valence-corrected chi connectivity index (χ3v) is 4.86. The van der Waals surface area contributed by atoms with Crippen molar-refractivity contribution in [1.29, 1.82) is 0 Å². The minimum Gasteiger partial charge on any atom is -0.302 e. The van der Waals surface area contributed by atoms with E-state index in [0.717, 1.165) is 48.1 Å². The van der Waals surface area contributed by atoms with Gasteiger partial charge in [0.25, 0.3) is 0 Å². The van der Waals surface area contributed by atoms with Crippen molar-refractivity contribution < 1.29 is 0 Å². The maximum Gasteiger partial charge on any atom is 0.402 e. The predicted octanol–water partition coefficient (Wildman–Crippen LogP) is 1.86. The molecule has 0 bridgehead atoms. The van der Waals surface area contributed by atoms with Crippen molar-refractivity contribution in [1.82, 2.24) is 14.9 Å². The molecule has 0 aromatic heterocycles. The van der Waals surface area contributed by atoms with Gasteiger partial charge in [-0.25, -0.2) is 4.67 Å². The fraction of sp³-hybridized carbons (Fsp3) is 0.500. The van der Waals surface area contributed by atoms with Gasteiger partial charge in [-0.05, 0) is 42.7 Å². The lowest BCUT2D eigenvalue weighted by atomic mass is 10.2. The van der Waals surface area contributed by atoms with E-state index < -0.39 is 0 Å². The van der Waals surface area contributed by atoms with Crippen LogP contribution in [0.3, 0.4) is 0 Å². The number of aryl methyl sites for hydroxylation is 1. The van der Waals surface area contributed by atoms with Crippen LogP contribution in [-0.4, -0.2) is 41.4 Å². The molecule has 4 nitrogen and oxygen atoms in total. The first-order valence-electron chi connectivity index (χ1n) is 7.62. The first-order chi connectivity index (χ1) is 10.2. The molecule has 1 atom stereocenters. The minimum atomic E-state index is 0.739. The normalized spacial score (nSPS) is 21.1. The van der Waals surface area contributed by atoms with Crippen LogP contribution in [0.2, 0.25) is 0 Å². The topological polar surface area (TPSA) is 41.4 Å². The van der Waals surface area contributed by atoms with Crippen LogP contribution >= 0.6 is 11.8 Å². The summed E-state index contributed by atoms with van der Waals surface area (Å²) in [4.78, 5) is 2.37. The molecule has 5 heteroatoms. The second kappa shape index (κ2) is 6.46. The smallest absolute Gasteiger partial charge is 0.302 e. The van der Waals surface area contributed by atoms with E-state index in [1.165, 1.54) is 12.0 Å². The van der Waals surface area contributed by atoms with E-state index in [1.54, 1.807) is 11.8 Å². The Labute approximate surface area is 130 Å². The van der Waals surface area contributed by atoms with Crippen molar-refractivity contribution in [3.05, 3.63) is 29.8 Å². The zero-order valence-electron chi connectivity index (χ0n) is 12.7. The maximum atomic E-state index is 4.83. The van der Waals surface area contributed by atoms with E-state index >= 15 is 0 Å². The first kappa shape index (κ1) is 14.4. The van der Waals surface area contributed by atoms with Gasteiger partial charge in [0.2, 0.25) is 0 Å². The molecule has 3 rings (SSSR count). The van der Waals surface area contributed by atoms with Crippen molar-refractivity contribution >= 4 is 28.6 Å². The number of para-hydroxylation sites is 1. The second-order valence-corrected chi connectivity index (χ2v) is 6.88. The largest absolute Gasteiger partial charge is 0.402 e. The summed E-state index contributed by atoms with van der Waals surface area (Å²) in [6, 6.07) is 8.38. The zero-order chi connectivity index (χ0) is 14.7. The number of hydrogen-bond donors (Lipinski definition) is 2. The standard InChI is InChI=1S/C16H22N4S/c1-12-7-9-20(11-12)15(19-16-17-8-10-21-16)18-14-6-4-3-5-13(14)2/h3-6,12H,7-11H2,1-2H3,(H,17,18,19)/p+1. The Hall–Kier alpha value is -1.58. The molecule has 2 saturated heterocycles. The van der Waals surface area contributed by atoms with E-state index in [1.807, 2.05) is 0 Å². The Morgan fingerprint density at radius 3 is 2.95 bits per heavy atom. The molecule has 112 valence electrons. The monoisotopic (exact) mass is 303 g/mol. The number of anilines is 1. The van der Waals surface area contributed by atoms with Crippen molar-refractivity contribution in [2.75, 3.05) is 30.7 Å². The highest BCUT2D eigenvalue weighted by Crippen LogP contribution is 2.18. The van der Waals surface area contributed by atoms with E-state index in [-0.39, 0.29) is 0 Å². The molecule has 0 spiro atoms. The van der Waals surface area contributed by atoms with Gasteiger partial charge in [0.05, 0.1) is 25.3 Å². The lowest BCUT2D eigenvalue weighted by Gasteiger charge is -2.14. The molecule has 0 aliphatic carbocycles. The summed E-state index contributed by atoms with van der Waals surface area (Å²) in [7, 11) is 0. The van der Waals surface area contributed by atoms with Crippen LogP contribution < -0.4 is 15.3 Å². The molecule has 21 heavy (non-hydrogen) atoms. The Balaban J connectivity index is 1.89. The van der Waals surface area contributed by atoms with Crippen molar-refractivity contribution in [2.24, 2.45) is 5.92 Å². The third kappa shape index (κ3) is 3.55. The zero-order valence-corrected chi connectivity index (χ0v) is 13.5. The number of amidine groups is 1. The van der Waals surface area contributed by atoms with Crippen LogP contribution in [-0.2, 0) is 0 Å². The lowest BCUT2D eigenvalue weighted by molar-refractivity contribution is 0.492. The van der Waals surface area contributed by atoms with E-state index in [4.69, 9.17) is 4.67 Å². The van der Waals surface area contributed by atoms with Gasteiger partial charge >= 0.3 is 11.1 Å². The molecular weight excluding hydrogens is 280 g/mol. The quantitative estimate of drug-likeness (QED) is 0.472. The molecule has 2 aliphatic rings. The van der Waals surface area contributed by atoms with Crippen molar-refractivity contribution in [3.63, 3.8) is 0 Å². The van der Waals surface area contributed by atoms with E-state index in [9.17, 15) is 0 Å². The molecule has 2 aliphatic heterocycles. The lowest BCUT2D eigenvalue weighted by Crippen LogP contribution is -2.38.